The van der Waals surface area contributed by atoms with Crippen molar-refractivity contribution in [3.63, 3.8) is 0 Å². The average molecular weight is 457 g/mol. The summed E-state index contributed by atoms with van der Waals surface area (Å²) in [6.07, 6.45) is 2.15. The number of hydrogen-bond acceptors (Lipinski definition) is 5. The number of hydrogen-bond donors (Lipinski definition) is 3. The molecule has 1 aromatic heterocycles. The highest BCUT2D eigenvalue weighted by molar-refractivity contribution is 7.98. The average Bonchev–Trinajstić information content (AvgIpc) is 2.75. The second-order valence-corrected chi connectivity index (χ2v) is 7.93. The van der Waals surface area contributed by atoms with Crippen LogP contribution in [0, 0.1) is 6.92 Å². The van der Waals surface area contributed by atoms with Crippen molar-refractivity contribution in [2.75, 3.05) is 16.9 Å². The van der Waals surface area contributed by atoms with E-state index in [-0.39, 0.29) is 30.2 Å². The van der Waals surface area contributed by atoms with Gasteiger partial charge in [-0.25, -0.2) is 4.98 Å². The summed E-state index contributed by atoms with van der Waals surface area (Å²) in [5.74, 6) is -0.665. The predicted octanol–water partition coefficient (Wildman–Crippen LogP) is 4.28. The van der Waals surface area contributed by atoms with Crippen LogP contribution in [-0.2, 0) is 11.2 Å². The standard InChI is InChI=1S/C22H21ClN4O3S/c1-13-16(20(29)27-22(24-13)31-2)11-12-19(28)26-18-6-4-3-5-17(18)21(30)25-15-9-7-14(23)8-10-15/h3-10H,11-12H2,1-2H3,(H,25,30)(H,26,28)(H,24,27,29). The van der Waals surface area contributed by atoms with Crippen molar-refractivity contribution >= 4 is 46.6 Å². The van der Waals surface area contributed by atoms with Gasteiger partial charge in [-0.05, 0) is 56.0 Å². The molecule has 0 aliphatic heterocycles. The van der Waals surface area contributed by atoms with Gasteiger partial charge in [-0.1, -0.05) is 35.5 Å². The van der Waals surface area contributed by atoms with Gasteiger partial charge in [-0.15, -0.1) is 0 Å². The number of aromatic nitrogens is 2. The Hall–Kier alpha value is -3.10. The number of H-pyrrole nitrogens is 1. The predicted molar refractivity (Wildman–Crippen MR) is 124 cm³/mol. The van der Waals surface area contributed by atoms with Gasteiger partial charge in [0.2, 0.25) is 5.91 Å². The van der Waals surface area contributed by atoms with Gasteiger partial charge < -0.3 is 15.6 Å². The van der Waals surface area contributed by atoms with Gasteiger partial charge in [0, 0.05) is 28.4 Å². The van der Waals surface area contributed by atoms with Gasteiger partial charge in [0.1, 0.15) is 0 Å². The number of para-hydroxylation sites is 1. The molecule has 0 saturated carbocycles. The van der Waals surface area contributed by atoms with E-state index in [1.165, 1.54) is 11.8 Å². The van der Waals surface area contributed by atoms with Crippen LogP contribution in [-0.4, -0.2) is 28.0 Å². The Labute approximate surface area is 188 Å². The Morgan fingerprint density at radius 2 is 1.81 bits per heavy atom. The fourth-order valence-electron chi connectivity index (χ4n) is 2.95. The van der Waals surface area contributed by atoms with Crippen molar-refractivity contribution in [1.29, 1.82) is 0 Å². The van der Waals surface area contributed by atoms with E-state index in [0.717, 1.165) is 0 Å². The second-order valence-electron chi connectivity index (χ2n) is 6.69. The SMILES string of the molecule is CSc1nc(C)c(CCC(=O)Nc2ccccc2C(=O)Nc2ccc(Cl)cc2)c(=O)[nH]1. The number of thioether (sulfide) groups is 1. The van der Waals surface area contributed by atoms with E-state index >= 15 is 0 Å². The second kappa shape index (κ2) is 10.3. The van der Waals surface area contributed by atoms with E-state index < -0.39 is 0 Å². The smallest absolute Gasteiger partial charge is 0.257 e. The van der Waals surface area contributed by atoms with Gasteiger partial charge in [0.25, 0.3) is 11.5 Å². The third-order valence-corrected chi connectivity index (χ3v) is 5.38. The lowest BCUT2D eigenvalue weighted by Crippen LogP contribution is -2.21. The lowest BCUT2D eigenvalue weighted by Gasteiger charge is -2.12. The molecule has 0 aliphatic carbocycles. The van der Waals surface area contributed by atoms with Crippen LogP contribution in [0.15, 0.2) is 58.5 Å². The molecule has 1 heterocycles. The number of benzene rings is 2. The van der Waals surface area contributed by atoms with E-state index in [1.807, 2.05) is 6.26 Å². The number of rotatable bonds is 7. The molecule has 31 heavy (non-hydrogen) atoms. The van der Waals surface area contributed by atoms with Crippen LogP contribution in [0.2, 0.25) is 5.02 Å². The Morgan fingerprint density at radius 3 is 2.48 bits per heavy atom. The maximum Gasteiger partial charge on any atom is 0.257 e. The third kappa shape index (κ3) is 5.96. The number of anilines is 2. The Kier molecular flexibility index (Phi) is 7.49. The molecule has 3 N–H and O–H groups in total. The zero-order chi connectivity index (χ0) is 22.4. The molecule has 0 fully saturated rings. The number of aryl methyl sites for hydroxylation is 1. The van der Waals surface area contributed by atoms with Crippen molar-refractivity contribution in [3.8, 4) is 0 Å². The van der Waals surface area contributed by atoms with Crippen molar-refractivity contribution in [3.05, 3.63) is 80.7 Å². The Morgan fingerprint density at radius 1 is 1.10 bits per heavy atom. The van der Waals surface area contributed by atoms with E-state index in [9.17, 15) is 14.4 Å². The molecule has 0 atom stereocenters. The topological polar surface area (TPSA) is 104 Å². The zero-order valence-corrected chi connectivity index (χ0v) is 18.6. The molecule has 0 radical (unpaired) electrons. The Bertz CT molecular complexity index is 1160. The first kappa shape index (κ1) is 22.6. The van der Waals surface area contributed by atoms with Gasteiger partial charge in [0.15, 0.2) is 5.16 Å². The van der Waals surface area contributed by atoms with E-state index in [0.29, 0.717) is 38.4 Å². The van der Waals surface area contributed by atoms with E-state index in [4.69, 9.17) is 11.6 Å². The van der Waals surface area contributed by atoms with Crippen molar-refractivity contribution in [1.82, 2.24) is 9.97 Å². The molecule has 0 spiro atoms. The van der Waals surface area contributed by atoms with E-state index in [2.05, 4.69) is 20.6 Å². The molecule has 0 unspecified atom stereocenters. The molecule has 7 nitrogen and oxygen atoms in total. The summed E-state index contributed by atoms with van der Waals surface area (Å²) in [7, 11) is 0. The fourth-order valence-corrected chi connectivity index (χ4v) is 3.50. The first-order chi connectivity index (χ1) is 14.9. The summed E-state index contributed by atoms with van der Waals surface area (Å²) >= 11 is 7.22. The largest absolute Gasteiger partial charge is 0.325 e. The number of halogens is 1. The summed E-state index contributed by atoms with van der Waals surface area (Å²) in [5, 5.41) is 6.64. The van der Waals surface area contributed by atoms with Gasteiger partial charge in [-0.3, -0.25) is 14.4 Å². The lowest BCUT2D eigenvalue weighted by molar-refractivity contribution is -0.116. The number of aromatic amines is 1. The molecule has 0 aliphatic rings. The molecule has 0 saturated heterocycles. The Balaban J connectivity index is 1.68. The summed E-state index contributed by atoms with van der Waals surface area (Å²) in [4.78, 5) is 44.4. The quantitative estimate of drug-likeness (QED) is 0.363. The van der Waals surface area contributed by atoms with Crippen LogP contribution in [0.25, 0.3) is 0 Å². The minimum absolute atomic E-state index is 0.0807. The highest BCUT2D eigenvalue weighted by Gasteiger charge is 2.15. The molecule has 3 rings (SSSR count). The molecule has 9 heteroatoms. The van der Waals surface area contributed by atoms with Crippen LogP contribution in [0.3, 0.4) is 0 Å². The molecular weight excluding hydrogens is 436 g/mol. The third-order valence-electron chi connectivity index (χ3n) is 4.54. The normalized spacial score (nSPS) is 10.5. The number of carbonyl (C=O) groups is 2. The van der Waals surface area contributed by atoms with Crippen LogP contribution < -0.4 is 16.2 Å². The maximum atomic E-state index is 12.7. The minimum Gasteiger partial charge on any atom is -0.325 e. The van der Waals surface area contributed by atoms with Crippen LogP contribution in [0.1, 0.15) is 28.0 Å². The summed E-state index contributed by atoms with van der Waals surface area (Å²) < 4.78 is 0. The number of carbonyl (C=O) groups excluding carboxylic acids is 2. The van der Waals surface area contributed by atoms with Gasteiger partial charge in [-0.2, -0.15) is 0 Å². The maximum absolute atomic E-state index is 12.7. The van der Waals surface area contributed by atoms with Crippen molar-refractivity contribution in [2.45, 2.75) is 24.9 Å². The fraction of sp³-hybridized carbons (Fsp3) is 0.182. The van der Waals surface area contributed by atoms with Crippen LogP contribution in [0.4, 0.5) is 11.4 Å². The monoisotopic (exact) mass is 456 g/mol. The summed E-state index contributed by atoms with van der Waals surface area (Å²) in [6.45, 7) is 1.75. The number of nitrogens with zero attached hydrogens (tertiary/aromatic N) is 1. The number of nitrogens with one attached hydrogen (secondary N) is 3. The highest BCUT2D eigenvalue weighted by atomic mass is 35.5. The summed E-state index contributed by atoms with van der Waals surface area (Å²) in [5.41, 5.74) is 2.13. The molecule has 160 valence electrons. The molecular formula is C22H21ClN4O3S. The molecule has 3 aromatic rings. The van der Waals surface area contributed by atoms with Crippen LogP contribution >= 0.6 is 23.4 Å². The first-order valence-electron chi connectivity index (χ1n) is 9.47. The van der Waals surface area contributed by atoms with Gasteiger partial charge >= 0.3 is 0 Å². The molecule has 0 bridgehead atoms. The van der Waals surface area contributed by atoms with E-state index in [1.54, 1.807) is 55.5 Å². The zero-order valence-electron chi connectivity index (χ0n) is 17.0. The van der Waals surface area contributed by atoms with Crippen LogP contribution in [0.5, 0.6) is 0 Å². The lowest BCUT2D eigenvalue weighted by atomic mass is 10.1. The molecule has 2 amide bonds. The van der Waals surface area contributed by atoms with Crippen molar-refractivity contribution in [2.24, 2.45) is 0 Å². The number of amides is 2. The first-order valence-corrected chi connectivity index (χ1v) is 11.1. The van der Waals surface area contributed by atoms with Crippen molar-refractivity contribution < 1.29 is 9.59 Å². The van der Waals surface area contributed by atoms with Gasteiger partial charge in [0.05, 0.1) is 11.3 Å². The highest BCUT2D eigenvalue weighted by Crippen LogP contribution is 2.19. The minimum atomic E-state index is -0.359. The molecule has 2 aromatic carbocycles. The summed E-state index contributed by atoms with van der Waals surface area (Å²) in [6, 6.07) is 13.5.